The first-order valence-electron chi connectivity index (χ1n) is 8.54. The lowest BCUT2D eigenvalue weighted by atomic mass is 10.2. The molecule has 0 aliphatic carbocycles. The number of aromatic amines is 1. The first-order chi connectivity index (χ1) is 13.9. The number of anilines is 1. The maximum absolute atomic E-state index is 12.7. The number of hydrogen-bond donors (Lipinski definition) is 2. The highest BCUT2D eigenvalue weighted by atomic mass is 16.6. The third kappa shape index (κ3) is 4.21. The molecule has 0 bridgehead atoms. The summed E-state index contributed by atoms with van der Waals surface area (Å²) in [6, 6.07) is 11.4. The van der Waals surface area contributed by atoms with Crippen LogP contribution in [0.2, 0.25) is 0 Å². The molecule has 148 valence electrons. The van der Waals surface area contributed by atoms with Gasteiger partial charge in [-0.2, -0.15) is 0 Å². The highest BCUT2D eigenvalue weighted by molar-refractivity contribution is 6.03. The summed E-state index contributed by atoms with van der Waals surface area (Å²) in [6.45, 7) is 2.30. The van der Waals surface area contributed by atoms with Crippen molar-refractivity contribution in [1.29, 1.82) is 0 Å². The van der Waals surface area contributed by atoms with Crippen molar-refractivity contribution >= 4 is 17.3 Å². The van der Waals surface area contributed by atoms with Crippen molar-refractivity contribution in [2.45, 2.75) is 6.92 Å². The summed E-state index contributed by atoms with van der Waals surface area (Å²) < 4.78 is 6.16. The predicted octanol–water partition coefficient (Wildman–Crippen LogP) is 2.08. The zero-order chi connectivity index (χ0) is 21.0. The molecule has 0 unspecified atom stereocenters. The number of benzene rings is 2. The van der Waals surface area contributed by atoms with Gasteiger partial charge < -0.3 is 15.0 Å². The average molecular weight is 396 g/mol. The van der Waals surface area contributed by atoms with E-state index in [4.69, 9.17) is 4.74 Å². The second-order valence-electron chi connectivity index (χ2n) is 5.83. The first kappa shape index (κ1) is 19.5. The lowest BCUT2D eigenvalue weighted by Crippen LogP contribution is -2.38. The second-order valence-corrected chi connectivity index (χ2v) is 5.83. The Morgan fingerprint density at radius 1 is 1.14 bits per heavy atom. The van der Waals surface area contributed by atoms with E-state index in [9.17, 15) is 24.5 Å². The molecule has 0 saturated carbocycles. The summed E-state index contributed by atoms with van der Waals surface area (Å²) in [5.41, 5.74) is -1.41. The molecule has 0 radical (unpaired) electrons. The maximum Gasteiger partial charge on any atom is 0.333 e. The van der Waals surface area contributed by atoms with E-state index in [2.05, 4.69) is 10.3 Å². The standard InChI is InChI=1S/C19H16N4O6/c1-2-29-15-9-7-13(8-10-15)22-18(25)16(11-20-19(22)26)17(24)21-12-3-5-14(6-4-12)23(27)28/h3-11H,2H2,1H3,(H,20,26)(H,21,24). The fourth-order valence-electron chi connectivity index (χ4n) is 2.59. The predicted molar refractivity (Wildman–Crippen MR) is 105 cm³/mol. The summed E-state index contributed by atoms with van der Waals surface area (Å²) >= 11 is 0. The molecule has 3 aromatic rings. The van der Waals surface area contributed by atoms with Gasteiger partial charge in [0.2, 0.25) is 0 Å². The molecule has 0 aliphatic heterocycles. The summed E-state index contributed by atoms with van der Waals surface area (Å²) in [7, 11) is 0. The fraction of sp³-hybridized carbons (Fsp3) is 0.105. The van der Waals surface area contributed by atoms with E-state index in [1.165, 1.54) is 36.4 Å². The minimum atomic E-state index is -0.808. The van der Waals surface area contributed by atoms with Crippen molar-refractivity contribution in [3.63, 3.8) is 0 Å². The molecule has 1 aromatic heterocycles. The van der Waals surface area contributed by atoms with Crippen molar-refractivity contribution < 1.29 is 14.5 Å². The van der Waals surface area contributed by atoms with E-state index in [0.29, 0.717) is 12.4 Å². The van der Waals surface area contributed by atoms with Crippen LogP contribution in [0.15, 0.2) is 64.3 Å². The van der Waals surface area contributed by atoms with Crippen molar-refractivity contribution in [3.05, 3.63) is 91.2 Å². The molecule has 1 heterocycles. The van der Waals surface area contributed by atoms with Gasteiger partial charge in [-0.1, -0.05) is 0 Å². The number of carbonyl (C=O) groups excluding carboxylic acids is 1. The van der Waals surface area contributed by atoms with E-state index in [1.54, 1.807) is 12.1 Å². The number of nitro groups is 1. The minimum Gasteiger partial charge on any atom is -0.494 e. The SMILES string of the molecule is CCOc1ccc(-n2c(=O)[nH]cc(C(=O)Nc3ccc([N+](=O)[O-])cc3)c2=O)cc1. The largest absolute Gasteiger partial charge is 0.494 e. The molecule has 0 spiro atoms. The monoisotopic (exact) mass is 396 g/mol. The Bertz CT molecular complexity index is 1160. The van der Waals surface area contributed by atoms with Crippen LogP contribution in [0.5, 0.6) is 5.75 Å². The zero-order valence-corrected chi connectivity index (χ0v) is 15.2. The van der Waals surface area contributed by atoms with E-state index >= 15 is 0 Å². The number of amides is 1. The van der Waals surface area contributed by atoms with Gasteiger partial charge in [-0.25, -0.2) is 9.36 Å². The van der Waals surface area contributed by atoms with Gasteiger partial charge in [0.25, 0.3) is 17.2 Å². The number of nitro benzene ring substituents is 1. The van der Waals surface area contributed by atoms with E-state index < -0.39 is 22.1 Å². The molecule has 0 saturated heterocycles. The van der Waals surface area contributed by atoms with Crippen molar-refractivity contribution in [1.82, 2.24) is 9.55 Å². The zero-order valence-electron chi connectivity index (χ0n) is 15.2. The third-order valence-electron chi connectivity index (χ3n) is 3.96. The van der Waals surface area contributed by atoms with E-state index in [0.717, 1.165) is 10.8 Å². The van der Waals surface area contributed by atoms with Crippen LogP contribution in [-0.4, -0.2) is 27.0 Å². The highest BCUT2D eigenvalue weighted by Gasteiger charge is 2.16. The lowest BCUT2D eigenvalue weighted by Gasteiger charge is -2.09. The molecule has 2 N–H and O–H groups in total. The van der Waals surface area contributed by atoms with Crippen LogP contribution in [0.1, 0.15) is 17.3 Å². The number of carbonyl (C=O) groups is 1. The van der Waals surface area contributed by atoms with Crippen LogP contribution < -0.4 is 21.3 Å². The molecule has 10 nitrogen and oxygen atoms in total. The molecular formula is C19H16N4O6. The number of H-pyrrole nitrogens is 1. The van der Waals surface area contributed by atoms with Crippen LogP contribution in [0.4, 0.5) is 11.4 Å². The summed E-state index contributed by atoms with van der Waals surface area (Å²) in [6.07, 6.45) is 1.02. The minimum absolute atomic E-state index is 0.134. The summed E-state index contributed by atoms with van der Waals surface area (Å²) in [5, 5.41) is 13.2. The molecule has 1 amide bonds. The van der Waals surface area contributed by atoms with Crippen LogP contribution in [0.3, 0.4) is 0 Å². The first-order valence-corrected chi connectivity index (χ1v) is 8.54. The van der Waals surface area contributed by atoms with Gasteiger partial charge in [0.1, 0.15) is 11.3 Å². The van der Waals surface area contributed by atoms with Crippen molar-refractivity contribution in [3.8, 4) is 11.4 Å². The third-order valence-corrected chi connectivity index (χ3v) is 3.96. The molecule has 29 heavy (non-hydrogen) atoms. The Morgan fingerprint density at radius 3 is 2.38 bits per heavy atom. The van der Waals surface area contributed by atoms with Gasteiger partial charge in [0.05, 0.1) is 17.2 Å². The van der Waals surface area contributed by atoms with Crippen molar-refractivity contribution in [2.75, 3.05) is 11.9 Å². The number of hydrogen-bond acceptors (Lipinski definition) is 6. The molecule has 0 atom stereocenters. The quantitative estimate of drug-likeness (QED) is 0.484. The van der Waals surface area contributed by atoms with Crippen molar-refractivity contribution in [2.24, 2.45) is 0 Å². The smallest absolute Gasteiger partial charge is 0.333 e. The van der Waals surface area contributed by atoms with E-state index in [1.807, 2.05) is 6.92 Å². The summed E-state index contributed by atoms with van der Waals surface area (Å²) in [4.78, 5) is 49.9. The van der Waals surface area contributed by atoms with Crippen LogP contribution >= 0.6 is 0 Å². The van der Waals surface area contributed by atoms with Gasteiger partial charge >= 0.3 is 5.69 Å². The number of nitrogens with zero attached hydrogens (tertiary/aromatic N) is 2. The molecule has 2 aromatic carbocycles. The molecule has 0 fully saturated rings. The number of rotatable bonds is 6. The fourth-order valence-corrected chi connectivity index (χ4v) is 2.59. The normalized spacial score (nSPS) is 10.4. The Kier molecular flexibility index (Phi) is 5.54. The van der Waals surface area contributed by atoms with Gasteiger partial charge in [0, 0.05) is 24.0 Å². The average Bonchev–Trinajstić information content (AvgIpc) is 2.70. The number of aromatic nitrogens is 2. The lowest BCUT2D eigenvalue weighted by molar-refractivity contribution is -0.384. The number of ether oxygens (including phenoxy) is 1. The van der Waals surface area contributed by atoms with Crippen LogP contribution in [-0.2, 0) is 0 Å². The van der Waals surface area contributed by atoms with Crippen LogP contribution in [0, 0.1) is 10.1 Å². The topological polar surface area (TPSA) is 136 Å². The van der Waals surface area contributed by atoms with Gasteiger partial charge in [-0.05, 0) is 43.3 Å². The van der Waals surface area contributed by atoms with Gasteiger partial charge in [-0.15, -0.1) is 0 Å². The molecule has 0 aliphatic rings. The number of non-ortho nitro benzene ring substituents is 1. The van der Waals surface area contributed by atoms with Gasteiger partial charge in [0.15, 0.2) is 0 Å². The molecule has 10 heteroatoms. The van der Waals surface area contributed by atoms with Crippen LogP contribution in [0.25, 0.3) is 5.69 Å². The van der Waals surface area contributed by atoms with Gasteiger partial charge in [-0.3, -0.25) is 19.7 Å². The molecule has 3 rings (SSSR count). The maximum atomic E-state index is 12.7. The highest BCUT2D eigenvalue weighted by Crippen LogP contribution is 2.16. The Balaban J connectivity index is 1.91. The molecular weight excluding hydrogens is 380 g/mol. The second kappa shape index (κ2) is 8.21. The Hall–Kier alpha value is -4.21. The summed E-state index contributed by atoms with van der Waals surface area (Å²) in [5.74, 6) is -0.187. The van der Waals surface area contributed by atoms with E-state index in [-0.39, 0.29) is 22.6 Å². The Morgan fingerprint density at radius 2 is 1.79 bits per heavy atom. The number of nitrogens with one attached hydrogen (secondary N) is 2. The Labute approximate surface area is 163 Å².